The Kier molecular flexibility index (Phi) is 6.11. The van der Waals surface area contributed by atoms with Crippen LogP contribution in [0.4, 0.5) is 5.69 Å². The summed E-state index contributed by atoms with van der Waals surface area (Å²) in [6, 6.07) is 12.6. The summed E-state index contributed by atoms with van der Waals surface area (Å²) in [5.74, 6) is -0.106. The van der Waals surface area contributed by atoms with E-state index < -0.39 is 23.7 Å². The monoisotopic (exact) mass is 463 g/mol. The number of fused-ring (bicyclic) bond motifs is 1. The fourth-order valence-electron chi connectivity index (χ4n) is 3.75. The van der Waals surface area contributed by atoms with Crippen molar-refractivity contribution in [2.24, 2.45) is 0 Å². The van der Waals surface area contributed by atoms with Gasteiger partial charge in [-0.3, -0.25) is 18.7 Å². The van der Waals surface area contributed by atoms with Gasteiger partial charge in [0.2, 0.25) is 5.91 Å². The molecule has 0 radical (unpaired) electrons. The molecule has 9 heteroatoms. The third-order valence-electron chi connectivity index (χ3n) is 5.19. The molecule has 33 heavy (non-hydrogen) atoms. The molecule has 4 rings (SSSR count). The average Bonchev–Trinajstić information content (AvgIpc) is 2.76. The standard InChI is InChI=1S/C24H22ClN5O3/c1-4-29-22-19(12-26-21(28-22)16-5-7-17(25)8-6-16)23(32)30(24(29)33)13-20(31)27-18-10-14(2)9-15(3)11-18/h5-12H,4,13H2,1-3H3,(H,27,31). The van der Waals surface area contributed by atoms with Gasteiger partial charge in [0.15, 0.2) is 11.5 Å². The number of aryl methyl sites for hydroxylation is 3. The molecule has 0 fully saturated rings. The van der Waals surface area contributed by atoms with Crippen LogP contribution in [0.5, 0.6) is 0 Å². The van der Waals surface area contributed by atoms with Crippen LogP contribution in [0.3, 0.4) is 0 Å². The first-order valence-corrected chi connectivity index (χ1v) is 10.8. The van der Waals surface area contributed by atoms with Gasteiger partial charge in [-0.15, -0.1) is 0 Å². The predicted molar refractivity (Wildman–Crippen MR) is 129 cm³/mol. The van der Waals surface area contributed by atoms with E-state index in [0.29, 0.717) is 22.1 Å². The summed E-state index contributed by atoms with van der Waals surface area (Å²) in [5, 5.41) is 3.49. The van der Waals surface area contributed by atoms with Gasteiger partial charge < -0.3 is 5.32 Å². The Morgan fingerprint density at radius 2 is 1.70 bits per heavy atom. The molecule has 0 aliphatic rings. The van der Waals surface area contributed by atoms with E-state index in [4.69, 9.17) is 11.6 Å². The number of anilines is 1. The van der Waals surface area contributed by atoms with Crippen molar-refractivity contribution in [3.05, 3.63) is 85.6 Å². The SMILES string of the molecule is CCn1c(=O)n(CC(=O)Nc2cc(C)cc(C)c2)c(=O)c2cnc(-c3ccc(Cl)cc3)nc21. The van der Waals surface area contributed by atoms with E-state index in [1.165, 1.54) is 10.8 Å². The van der Waals surface area contributed by atoms with E-state index in [1.54, 1.807) is 31.2 Å². The number of hydrogen-bond acceptors (Lipinski definition) is 5. The number of nitrogens with one attached hydrogen (secondary N) is 1. The molecule has 0 unspecified atom stereocenters. The molecule has 4 aromatic rings. The lowest BCUT2D eigenvalue weighted by atomic mass is 10.1. The molecule has 1 amide bonds. The number of nitrogens with zero attached hydrogens (tertiary/aromatic N) is 4. The van der Waals surface area contributed by atoms with Crippen LogP contribution in [0.15, 0.2) is 58.3 Å². The second kappa shape index (κ2) is 8.99. The van der Waals surface area contributed by atoms with Gasteiger partial charge in [-0.25, -0.2) is 14.8 Å². The van der Waals surface area contributed by atoms with Crippen LogP contribution in [0.2, 0.25) is 5.02 Å². The number of amides is 1. The summed E-state index contributed by atoms with van der Waals surface area (Å²) >= 11 is 5.95. The second-order valence-corrected chi connectivity index (χ2v) is 8.22. The van der Waals surface area contributed by atoms with Crippen molar-refractivity contribution >= 4 is 34.2 Å². The van der Waals surface area contributed by atoms with Gasteiger partial charge in [0.1, 0.15) is 11.9 Å². The maximum absolute atomic E-state index is 13.1. The number of halogens is 1. The molecule has 2 heterocycles. The third kappa shape index (κ3) is 4.56. The number of aromatic nitrogens is 4. The minimum atomic E-state index is -0.613. The summed E-state index contributed by atoms with van der Waals surface area (Å²) in [4.78, 5) is 47.6. The van der Waals surface area contributed by atoms with E-state index in [-0.39, 0.29) is 17.6 Å². The lowest BCUT2D eigenvalue weighted by Gasteiger charge is -2.13. The van der Waals surface area contributed by atoms with Crippen molar-refractivity contribution in [1.82, 2.24) is 19.1 Å². The summed E-state index contributed by atoms with van der Waals surface area (Å²) in [6.07, 6.45) is 1.39. The van der Waals surface area contributed by atoms with Crippen LogP contribution in [0.25, 0.3) is 22.4 Å². The first-order chi connectivity index (χ1) is 15.8. The van der Waals surface area contributed by atoms with Crippen LogP contribution in [-0.4, -0.2) is 25.0 Å². The highest BCUT2D eigenvalue weighted by Crippen LogP contribution is 2.19. The van der Waals surface area contributed by atoms with E-state index in [0.717, 1.165) is 15.7 Å². The van der Waals surface area contributed by atoms with E-state index >= 15 is 0 Å². The van der Waals surface area contributed by atoms with Gasteiger partial charge in [0.25, 0.3) is 5.56 Å². The summed E-state index contributed by atoms with van der Waals surface area (Å²) in [6.45, 7) is 5.48. The third-order valence-corrected chi connectivity index (χ3v) is 5.44. The second-order valence-electron chi connectivity index (χ2n) is 7.78. The Labute approximate surface area is 194 Å². The van der Waals surface area contributed by atoms with Crippen LogP contribution in [0.1, 0.15) is 18.1 Å². The van der Waals surface area contributed by atoms with Crippen molar-refractivity contribution in [3.63, 3.8) is 0 Å². The van der Waals surface area contributed by atoms with Crippen molar-refractivity contribution in [3.8, 4) is 11.4 Å². The zero-order chi connectivity index (χ0) is 23.7. The number of hydrogen-bond donors (Lipinski definition) is 1. The first kappa shape index (κ1) is 22.4. The highest BCUT2D eigenvalue weighted by molar-refractivity contribution is 6.30. The number of carbonyl (C=O) groups excluding carboxylic acids is 1. The average molecular weight is 464 g/mol. The fourth-order valence-corrected chi connectivity index (χ4v) is 3.88. The fraction of sp³-hybridized carbons (Fsp3) is 0.208. The Morgan fingerprint density at radius 3 is 2.33 bits per heavy atom. The predicted octanol–water partition coefficient (Wildman–Crippen LogP) is 3.55. The quantitative estimate of drug-likeness (QED) is 0.488. The van der Waals surface area contributed by atoms with E-state index in [9.17, 15) is 14.4 Å². The molecule has 1 N–H and O–H groups in total. The summed E-state index contributed by atoms with van der Waals surface area (Å²) < 4.78 is 2.27. The number of carbonyl (C=O) groups is 1. The van der Waals surface area contributed by atoms with E-state index in [2.05, 4.69) is 15.3 Å². The topological polar surface area (TPSA) is 98.9 Å². The molecule has 2 aromatic heterocycles. The maximum atomic E-state index is 13.1. The normalized spacial score (nSPS) is 11.0. The van der Waals surface area contributed by atoms with Gasteiger partial charge in [0, 0.05) is 29.0 Å². The van der Waals surface area contributed by atoms with Crippen molar-refractivity contribution in [2.75, 3.05) is 5.32 Å². The highest BCUT2D eigenvalue weighted by Gasteiger charge is 2.17. The molecular formula is C24H22ClN5O3. The molecule has 0 atom stereocenters. The zero-order valence-electron chi connectivity index (χ0n) is 18.4. The Bertz CT molecular complexity index is 1470. The molecule has 0 saturated carbocycles. The summed E-state index contributed by atoms with van der Waals surface area (Å²) in [7, 11) is 0. The van der Waals surface area contributed by atoms with Gasteiger partial charge in [0.05, 0.1) is 0 Å². The molecule has 168 valence electrons. The highest BCUT2D eigenvalue weighted by atomic mass is 35.5. The van der Waals surface area contributed by atoms with Gasteiger partial charge in [-0.1, -0.05) is 17.7 Å². The molecule has 0 aliphatic heterocycles. The molecular weight excluding hydrogens is 442 g/mol. The molecule has 0 bridgehead atoms. The van der Waals surface area contributed by atoms with Gasteiger partial charge in [-0.05, 0) is 68.3 Å². The largest absolute Gasteiger partial charge is 0.333 e. The molecule has 8 nitrogen and oxygen atoms in total. The van der Waals surface area contributed by atoms with Crippen molar-refractivity contribution in [1.29, 1.82) is 0 Å². The van der Waals surface area contributed by atoms with Crippen LogP contribution in [-0.2, 0) is 17.9 Å². The van der Waals surface area contributed by atoms with Crippen molar-refractivity contribution in [2.45, 2.75) is 33.9 Å². The molecule has 0 spiro atoms. The summed E-state index contributed by atoms with van der Waals surface area (Å²) in [5.41, 5.74) is 2.31. The molecule has 2 aromatic carbocycles. The van der Waals surface area contributed by atoms with E-state index in [1.807, 2.05) is 32.0 Å². The lowest BCUT2D eigenvalue weighted by molar-refractivity contribution is -0.116. The number of rotatable bonds is 5. The Balaban J connectivity index is 1.74. The lowest BCUT2D eigenvalue weighted by Crippen LogP contribution is -2.42. The van der Waals surface area contributed by atoms with Crippen LogP contribution in [0, 0.1) is 13.8 Å². The maximum Gasteiger partial charge on any atom is 0.333 e. The first-order valence-electron chi connectivity index (χ1n) is 10.4. The smallest absolute Gasteiger partial charge is 0.325 e. The van der Waals surface area contributed by atoms with Crippen molar-refractivity contribution < 1.29 is 4.79 Å². The Hall–Kier alpha value is -3.78. The zero-order valence-corrected chi connectivity index (χ0v) is 19.2. The number of benzene rings is 2. The van der Waals surface area contributed by atoms with Crippen LogP contribution >= 0.6 is 11.6 Å². The van der Waals surface area contributed by atoms with Gasteiger partial charge >= 0.3 is 5.69 Å². The minimum Gasteiger partial charge on any atom is -0.325 e. The molecule has 0 saturated heterocycles. The Morgan fingerprint density at radius 1 is 1.03 bits per heavy atom. The van der Waals surface area contributed by atoms with Crippen LogP contribution < -0.4 is 16.6 Å². The minimum absolute atomic E-state index is 0.161. The van der Waals surface area contributed by atoms with Gasteiger partial charge in [-0.2, -0.15) is 0 Å². The molecule has 0 aliphatic carbocycles.